The number of benzene rings is 1. The second-order valence-corrected chi connectivity index (χ2v) is 5.42. The zero-order valence-corrected chi connectivity index (χ0v) is 10.5. The average Bonchev–Trinajstić information content (AvgIpc) is 2.33. The molecule has 0 aliphatic heterocycles. The third kappa shape index (κ3) is 3.06. The first-order chi connectivity index (χ1) is 8.20. The molecule has 1 saturated carbocycles. The average molecular weight is 235 g/mol. The van der Waals surface area contributed by atoms with Gasteiger partial charge in [0.15, 0.2) is 0 Å². The Morgan fingerprint density at radius 2 is 2.00 bits per heavy atom. The van der Waals surface area contributed by atoms with Crippen molar-refractivity contribution in [3.8, 4) is 0 Å². The van der Waals surface area contributed by atoms with Crippen molar-refractivity contribution >= 4 is 0 Å². The lowest BCUT2D eigenvalue weighted by Crippen LogP contribution is -2.25. The molecule has 1 aromatic rings. The standard InChI is InChI=1S/C15H22FN/c1-11-5-7-12(8-6-11)15(10-17)13-3-2-4-14(16)9-13/h2-4,9,11-12,15H,5-8,10,17H2,1H3. The Balaban J connectivity index is 2.10. The summed E-state index contributed by atoms with van der Waals surface area (Å²) in [4.78, 5) is 0. The number of hydrogen-bond acceptors (Lipinski definition) is 1. The van der Waals surface area contributed by atoms with Gasteiger partial charge < -0.3 is 5.73 Å². The second-order valence-electron chi connectivity index (χ2n) is 5.42. The van der Waals surface area contributed by atoms with E-state index in [4.69, 9.17) is 5.73 Å². The van der Waals surface area contributed by atoms with Gasteiger partial charge in [-0.15, -0.1) is 0 Å². The summed E-state index contributed by atoms with van der Waals surface area (Å²) >= 11 is 0. The third-order valence-electron chi connectivity index (χ3n) is 4.16. The highest BCUT2D eigenvalue weighted by Crippen LogP contribution is 2.37. The van der Waals surface area contributed by atoms with Gasteiger partial charge in [0.05, 0.1) is 0 Å². The molecule has 0 saturated heterocycles. The molecule has 0 aromatic heterocycles. The zero-order chi connectivity index (χ0) is 12.3. The lowest BCUT2D eigenvalue weighted by atomic mass is 9.74. The van der Waals surface area contributed by atoms with Crippen LogP contribution in [0.5, 0.6) is 0 Å². The van der Waals surface area contributed by atoms with E-state index in [1.807, 2.05) is 6.07 Å². The number of halogens is 1. The first-order valence-electron chi connectivity index (χ1n) is 6.66. The third-order valence-corrected chi connectivity index (χ3v) is 4.16. The molecule has 0 radical (unpaired) electrons. The smallest absolute Gasteiger partial charge is 0.123 e. The quantitative estimate of drug-likeness (QED) is 0.849. The van der Waals surface area contributed by atoms with Crippen molar-refractivity contribution in [3.05, 3.63) is 35.6 Å². The summed E-state index contributed by atoms with van der Waals surface area (Å²) in [6.45, 7) is 2.94. The summed E-state index contributed by atoms with van der Waals surface area (Å²) < 4.78 is 13.3. The minimum atomic E-state index is -0.148. The van der Waals surface area contributed by atoms with Crippen LogP contribution in [-0.4, -0.2) is 6.54 Å². The van der Waals surface area contributed by atoms with Crippen molar-refractivity contribution in [2.45, 2.75) is 38.5 Å². The van der Waals surface area contributed by atoms with Crippen LogP contribution in [0.15, 0.2) is 24.3 Å². The normalized spacial score (nSPS) is 26.8. The Bertz CT molecular complexity index is 356. The van der Waals surface area contributed by atoms with Gasteiger partial charge >= 0.3 is 0 Å². The topological polar surface area (TPSA) is 26.0 Å². The summed E-state index contributed by atoms with van der Waals surface area (Å²) in [5, 5.41) is 0. The highest BCUT2D eigenvalue weighted by atomic mass is 19.1. The largest absolute Gasteiger partial charge is 0.330 e. The van der Waals surface area contributed by atoms with Crippen molar-refractivity contribution in [3.63, 3.8) is 0 Å². The van der Waals surface area contributed by atoms with E-state index < -0.39 is 0 Å². The Labute approximate surface area is 103 Å². The monoisotopic (exact) mass is 235 g/mol. The number of nitrogens with two attached hydrogens (primary N) is 1. The molecule has 1 fully saturated rings. The molecule has 0 amide bonds. The van der Waals surface area contributed by atoms with Gasteiger partial charge in [-0.25, -0.2) is 4.39 Å². The molecule has 0 spiro atoms. The molecular weight excluding hydrogens is 213 g/mol. The molecule has 1 nitrogen and oxygen atoms in total. The highest BCUT2D eigenvalue weighted by molar-refractivity contribution is 5.22. The van der Waals surface area contributed by atoms with Crippen LogP contribution in [-0.2, 0) is 0 Å². The van der Waals surface area contributed by atoms with E-state index in [0.717, 1.165) is 11.5 Å². The van der Waals surface area contributed by atoms with Crippen molar-refractivity contribution < 1.29 is 4.39 Å². The molecular formula is C15H22FN. The zero-order valence-electron chi connectivity index (χ0n) is 10.5. The van der Waals surface area contributed by atoms with Gasteiger partial charge in [-0.3, -0.25) is 0 Å². The van der Waals surface area contributed by atoms with Crippen LogP contribution in [0.3, 0.4) is 0 Å². The van der Waals surface area contributed by atoms with Crippen molar-refractivity contribution in [1.29, 1.82) is 0 Å². The number of hydrogen-bond donors (Lipinski definition) is 1. The molecule has 0 bridgehead atoms. The highest BCUT2D eigenvalue weighted by Gasteiger charge is 2.26. The van der Waals surface area contributed by atoms with Crippen LogP contribution in [0.4, 0.5) is 4.39 Å². The minimum Gasteiger partial charge on any atom is -0.330 e. The molecule has 1 unspecified atom stereocenters. The predicted octanol–water partition coefficient (Wildman–Crippen LogP) is 3.69. The van der Waals surface area contributed by atoms with Gasteiger partial charge in [-0.05, 0) is 54.8 Å². The lowest BCUT2D eigenvalue weighted by molar-refractivity contribution is 0.255. The van der Waals surface area contributed by atoms with E-state index in [9.17, 15) is 4.39 Å². The van der Waals surface area contributed by atoms with Crippen molar-refractivity contribution in [2.24, 2.45) is 17.6 Å². The first-order valence-corrected chi connectivity index (χ1v) is 6.66. The molecule has 1 atom stereocenters. The van der Waals surface area contributed by atoms with Crippen molar-refractivity contribution in [2.75, 3.05) is 6.54 Å². The molecule has 1 aromatic carbocycles. The fraction of sp³-hybridized carbons (Fsp3) is 0.600. The molecule has 0 heterocycles. The van der Waals surface area contributed by atoms with Crippen LogP contribution in [0, 0.1) is 17.7 Å². The molecule has 17 heavy (non-hydrogen) atoms. The van der Waals surface area contributed by atoms with Crippen LogP contribution < -0.4 is 5.73 Å². The van der Waals surface area contributed by atoms with E-state index in [1.165, 1.54) is 31.7 Å². The van der Waals surface area contributed by atoms with Gasteiger partial charge in [0.1, 0.15) is 5.82 Å². The minimum absolute atomic E-state index is 0.148. The van der Waals surface area contributed by atoms with E-state index >= 15 is 0 Å². The summed E-state index contributed by atoms with van der Waals surface area (Å²) in [7, 11) is 0. The maximum absolute atomic E-state index is 13.3. The molecule has 2 heteroatoms. The van der Waals surface area contributed by atoms with E-state index in [-0.39, 0.29) is 5.82 Å². The van der Waals surface area contributed by atoms with Crippen LogP contribution in [0.2, 0.25) is 0 Å². The molecule has 94 valence electrons. The van der Waals surface area contributed by atoms with Crippen LogP contribution in [0.25, 0.3) is 0 Å². The fourth-order valence-corrected chi connectivity index (χ4v) is 3.03. The molecule has 1 aliphatic carbocycles. The molecule has 1 aliphatic rings. The summed E-state index contributed by atoms with van der Waals surface area (Å²) in [6, 6.07) is 6.95. The Kier molecular flexibility index (Phi) is 4.16. The fourth-order valence-electron chi connectivity index (χ4n) is 3.03. The predicted molar refractivity (Wildman–Crippen MR) is 69.3 cm³/mol. The Hall–Kier alpha value is -0.890. The maximum Gasteiger partial charge on any atom is 0.123 e. The van der Waals surface area contributed by atoms with Gasteiger partial charge in [0.2, 0.25) is 0 Å². The molecule has 2 N–H and O–H groups in total. The summed E-state index contributed by atoms with van der Waals surface area (Å²) in [5.41, 5.74) is 6.97. The van der Waals surface area contributed by atoms with Gasteiger partial charge in [-0.1, -0.05) is 31.9 Å². The number of rotatable bonds is 3. The maximum atomic E-state index is 13.3. The Morgan fingerprint density at radius 3 is 2.59 bits per heavy atom. The Morgan fingerprint density at radius 1 is 1.29 bits per heavy atom. The SMILES string of the molecule is CC1CCC(C(CN)c2cccc(F)c2)CC1. The summed E-state index contributed by atoms with van der Waals surface area (Å²) in [6.07, 6.45) is 5.05. The first kappa shape index (κ1) is 12.6. The van der Waals surface area contributed by atoms with Crippen LogP contribution >= 0.6 is 0 Å². The van der Waals surface area contributed by atoms with Gasteiger partial charge in [-0.2, -0.15) is 0 Å². The van der Waals surface area contributed by atoms with Crippen molar-refractivity contribution in [1.82, 2.24) is 0 Å². The van der Waals surface area contributed by atoms with Gasteiger partial charge in [0.25, 0.3) is 0 Å². The molecule has 2 rings (SSSR count). The van der Waals surface area contributed by atoms with E-state index in [1.54, 1.807) is 12.1 Å². The van der Waals surface area contributed by atoms with E-state index in [2.05, 4.69) is 6.92 Å². The summed E-state index contributed by atoms with van der Waals surface area (Å²) in [5.74, 6) is 1.67. The van der Waals surface area contributed by atoms with Crippen LogP contribution in [0.1, 0.15) is 44.1 Å². The second kappa shape index (κ2) is 5.63. The van der Waals surface area contributed by atoms with Gasteiger partial charge in [0, 0.05) is 0 Å². The lowest BCUT2D eigenvalue weighted by Gasteiger charge is -2.32. The van der Waals surface area contributed by atoms with E-state index in [0.29, 0.717) is 18.4 Å².